The number of aromatic hydroxyl groups is 1. The molecular formula is C9H7ClO2S. The van der Waals surface area contributed by atoms with Gasteiger partial charge in [-0.05, 0) is 12.1 Å². The Bertz CT molecular complexity index is 411. The molecule has 0 aliphatic carbocycles. The largest absolute Gasteiger partial charge is 0.507 e. The van der Waals surface area contributed by atoms with Gasteiger partial charge in [0, 0.05) is 11.5 Å². The summed E-state index contributed by atoms with van der Waals surface area (Å²) in [5.74, 6) is 0.235. The molecule has 13 heavy (non-hydrogen) atoms. The van der Waals surface area contributed by atoms with E-state index in [2.05, 4.69) is 0 Å². The Morgan fingerprint density at radius 2 is 2.23 bits per heavy atom. The molecule has 0 aliphatic heterocycles. The highest BCUT2D eigenvalue weighted by Crippen LogP contribution is 2.40. The lowest BCUT2D eigenvalue weighted by molar-refractivity contribution is 0.427. The number of phenolic OH excluding ortho intramolecular Hbond substituents is 1. The predicted molar refractivity (Wildman–Crippen MR) is 55.1 cm³/mol. The molecule has 0 saturated heterocycles. The van der Waals surface area contributed by atoms with E-state index < -0.39 is 0 Å². The van der Waals surface area contributed by atoms with Crippen molar-refractivity contribution in [2.45, 2.75) is 0 Å². The monoisotopic (exact) mass is 214 g/mol. The molecule has 0 spiro atoms. The highest BCUT2D eigenvalue weighted by atomic mass is 35.5. The maximum atomic E-state index is 9.50. The van der Waals surface area contributed by atoms with Gasteiger partial charge in [-0.3, -0.25) is 0 Å². The summed E-state index contributed by atoms with van der Waals surface area (Å²) in [4.78, 5) is 0. The van der Waals surface area contributed by atoms with Crippen molar-refractivity contribution in [1.29, 1.82) is 0 Å². The van der Waals surface area contributed by atoms with Gasteiger partial charge in [0.05, 0.1) is 16.8 Å². The Morgan fingerprint density at radius 1 is 1.46 bits per heavy atom. The number of methoxy groups -OCH3 is 1. The molecule has 0 radical (unpaired) electrons. The van der Waals surface area contributed by atoms with E-state index >= 15 is 0 Å². The minimum Gasteiger partial charge on any atom is -0.507 e. The first-order valence-corrected chi connectivity index (χ1v) is 4.87. The van der Waals surface area contributed by atoms with Crippen LogP contribution in [0.15, 0.2) is 18.2 Å². The summed E-state index contributed by atoms with van der Waals surface area (Å²) in [6.45, 7) is 0. The van der Waals surface area contributed by atoms with E-state index in [1.807, 2.05) is 0 Å². The number of hydrogen-bond donors (Lipinski definition) is 1. The quantitative estimate of drug-likeness (QED) is 0.790. The van der Waals surface area contributed by atoms with Gasteiger partial charge in [-0.2, -0.15) is 0 Å². The second-order valence-electron chi connectivity index (χ2n) is 2.58. The summed E-state index contributed by atoms with van der Waals surface area (Å²) in [6.07, 6.45) is 0. The normalized spacial score (nSPS) is 10.6. The number of halogens is 1. The highest BCUT2D eigenvalue weighted by Gasteiger charge is 2.08. The summed E-state index contributed by atoms with van der Waals surface area (Å²) in [7, 11) is 1.59. The standard InChI is InChI=1S/C9H7ClO2S/c1-12-8-4-5-7(11)3-2-6(10)9(5)13-8/h2-4,11H,1H3. The third-order valence-corrected chi connectivity index (χ3v) is 3.35. The van der Waals surface area contributed by atoms with Crippen LogP contribution in [0.1, 0.15) is 0 Å². The fraction of sp³-hybridized carbons (Fsp3) is 0.111. The first-order chi connectivity index (χ1) is 6.22. The molecule has 1 N–H and O–H groups in total. The molecule has 2 nitrogen and oxygen atoms in total. The van der Waals surface area contributed by atoms with Crippen LogP contribution in [0.5, 0.6) is 10.8 Å². The van der Waals surface area contributed by atoms with Crippen LogP contribution in [0, 0.1) is 0 Å². The molecule has 1 heterocycles. The minimum absolute atomic E-state index is 0.235. The van der Waals surface area contributed by atoms with Gasteiger partial charge in [0.15, 0.2) is 5.06 Å². The molecule has 0 fully saturated rings. The second-order valence-corrected chi connectivity index (χ2v) is 4.00. The van der Waals surface area contributed by atoms with E-state index in [4.69, 9.17) is 16.3 Å². The first-order valence-electron chi connectivity index (χ1n) is 3.67. The summed E-state index contributed by atoms with van der Waals surface area (Å²) in [6, 6.07) is 5.03. The lowest BCUT2D eigenvalue weighted by Gasteiger charge is -1.94. The van der Waals surface area contributed by atoms with Gasteiger partial charge in [0.1, 0.15) is 5.75 Å². The van der Waals surface area contributed by atoms with Crippen LogP contribution in [0.3, 0.4) is 0 Å². The molecule has 0 atom stereocenters. The molecule has 2 rings (SSSR count). The molecule has 2 aromatic rings. The molecule has 0 amide bonds. The lowest BCUT2D eigenvalue weighted by Crippen LogP contribution is -1.73. The highest BCUT2D eigenvalue weighted by molar-refractivity contribution is 7.21. The number of phenols is 1. The van der Waals surface area contributed by atoms with E-state index in [0.717, 1.165) is 15.1 Å². The Balaban J connectivity index is 2.80. The van der Waals surface area contributed by atoms with Gasteiger partial charge in [0.2, 0.25) is 0 Å². The van der Waals surface area contributed by atoms with Crippen LogP contribution in [-0.4, -0.2) is 12.2 Å². The first kappa shape index (κ1) is 8.66. The summed E-state index contributed by atoms with van der Waals surface area (Å²) in [5, 5.41) is 11.6. The van der Waals surface area contributed by atoms with Crippen molar-refractivity contribution in [3.8, 4) is 10.8 Å². The number of hydrogen-bond acceptors (Lipinski definition) is 3. The van der Waals surface area contributed by atoms with Crippen LogP contribution < -0.4 is 4.74 Å². The number of thiophene rings is 1. The average molecular weight is 215 g/mol. The number of benzene rings is 1. The van der Waals surface area contributed by atoms with Crippen LogP contribution in [0.2, 0.25) is 5.02 Å². The number of fused-ring (bicyclic) bond motifs is 1. The molecule has 0 unspecified atom stereocenters. The van der Waals surface area contributed by atoms with E-state index in [0.29, 0.717) is 5.02 Å². The Kier molecular flexibility index (Phi) is 2.06. The van der Waals surface area contributed by atoms with Crippen molar-refractivity contribution in [3.05, 3.63) is 23.2 Å². The van der Waals surface area contributed by atoms with E-state index in [1.54, 1.807) is 25.3 Å². The Labute approximate surface area is 84.3 Å². The van der Waals surface area contributed by atoms with Gasteiger partial charge < -0.3 is 9.84 Å². The molecule has 68 valence electrons. The van der Waals surface area contributed by atoms with Gasteiger partial charge >= 0.3 is 0 Å². The molecular weight excluding hydrogens is 208 g/mol. The lowest BCUT2D eigenvalue weighted by atomic mass is 10.2. The maximum absolute atomic E-state index is 9.50. The van der Waals surface area contributed by atoms with Crippen molar-refractivity contribution in [3.63, 3.8) is 0 Å². The van der Waals surface area contributed by atoms with Gasteiger partial charge in [0.25, 0.3) is 0 Å². The third kappa shape index (κ3) is 1.34. The molecule has 4 heteroatoms. The van der Waals surface area contributed by atoms with E-state index in [-0.39, 0.29) is 5.75 Å². The molecule has 0 aliphatic rings. The summed E-state index contributed by atoms with van der Waals surface area (Å²) in [5.41, 5.74) is 0. The van der Waals surface area contributed by atoms with Crippen LogP contribution in [-0.2, 0) is 0 Å². The van der Waals surface area contributed by atoms with Crippen molar-refractivity contribution in [1.82, 2.24) is 0 Å². The number of ether oxygens (including phenoxy) is 1. The predicted octanol–water partition coefficient (Wildman–Crippen LogP) is 3.27. The van der Waals surface area contributed by atoms with E-state index in [1.165, 1.54) is 11.3 Å². The SMILES string of the molecule is COc1cc2c(O)ccc(Cl)c2s1. The zero-order valence-corrected chi connectivity index (χ0v) is 8.45. The zero-order valence-electron chi connectivity index (χ0n) is 6.87. The van der Waals surface area contributed by atoms with Crippen LogP contribution in [0.4, 0.5) is 0 Å². The van der Waals surface area contributed by atoms with Crippen molar-refractivity contribution >= 4 is 33.0 Å². The number of rotatable bonds is 1. The fourth-order valence-corrected chi connectivity index (χ4v) is 2.34. The molecule has 0 saturated carbocycles. The third-order valence-electron chi connectivity index (χ3n) is 1.79. The summed E-state index contributed by atoms with van der Waals surface area (Å²) < 4.78 is 5.92. The topological polar surface area (TPSA) is 29.5 Å². The van der Waals surface area contributed by atoms with Gasteiger partial charge in [-0.15, -0.1) is 0 Å². The maximum Gasteiger partial charge on any atom is 0.174 e. The van der Waals surface area contributed by atoms with Gasteiger partial charge in [-0.1, -0.05) is 22.9 Å². The molecule has 1 aromatic heterocycles. The Hall–Kier alpha value is -0.930. The average Bonchev–Trinajstić information content (AvgIpc) is 2.56. The molecule has 0 bridgehead atoms. The van der Waals surface area contributed by atoms with Crippen LogP contribution >= 0.6 is 22.9 Å². The second kappa shape index (κ2) is 3.09. The van der Waals surface area contributed by atoms with Crippen molar-refractivity contribution in [2.24, 2.45) is 0 Å². The Morgan fingerprint density at radius 3 is 2.85 bits per heavy atom. The smallest absolute Gasteiger partial charge is 0.174 e. The zero-order chi connectivity index (χ0) is 9.42. The van der Waals surface area contributed by atoms with Gasteiger partial charge in [-0.25, -0.2) is 0 Å². The molecule has 1 aromatic carbocycles. The summed E-state index contributed by atoms with van der Waals surface area (Å²) >= 11 is 7.37. The van der Waals surface area contributed by atoms with Crippen molar-refractivity contribution in [2.75, 3.05) is 7.11 Å². The van der Waals surface area contributed by atoms with Crippen molar-refractivity contribution < 1.29 is 9.84 Å². The van der Waals surface area contributed by atoms with Crippen LogP contribution in [0.25, 0.3) is 10.1 Å². The fourth-order valence-electron chi connectivity index (χ4n) is 1.15. The van der Waals surface area contributed by atoms with E-state index in [9.17, 15) is 5.11 Å². The minimum atomic E-state index is 0.235.